The lowest BCUT2D eigenvalue weighted by Crippen LogP contribution is -2.24. The highest BCUT2D eigenvalue weighted by Gasteiger charge is 2.11. The minimum Gasteiger partial charge on any atom is -0.467 e. The van der Waals surface area contributed by atoms with Crippen LogP contribution in [-0.4, -0.2) is 13.1 Å². The minimum atomic E-state index is 0.221. The summed E-state index contributed by atoms with van der Waals surface area (Å²) in [4.78, 5) is 2.20. The Bertz CT molecular complexity index is 493. The Kier molecular flexibility index (Phi) is 4.63. The Hall–Kier alpha value is -1.74. The third-order valence-electron chi connectivity index (χ3n) is 3.38. The first-order valence-electron chi connectivity index (χ1n) is 6.77. The fourth-order valence-corrected chi connectivity index (χ4v) is 2.20. The van der Waals surface area contributed by atoms with Crippen molar-refractivity contribution in [1.29, 1.82) is 0 Å². The standard InChI is InChI=1S/C16H22N2O/c1-3-14(17)11-13-7-4-5-9-16(13)18(2)12-15-8-6-10-19-15/h4-10,14H,3,11-12,17H2,1-2H3. The quantitative estimate of drug-likeness (QED) is 0.865. The molecule has 0 aliphatic carbocycles. The van der Waals surface area contributed by atoms with E-state index in [1.165, 1.54) is 11.3 Å². The van der Waals surface area contributed by atoms with Crippen molar-refractivity contribution >= 4 is 5.69 Å². The summed E-state index contributed by atoms with van der Waals surface area (Å²) < 4.78 is 5.40. The lowest BCUT2D eigenvalue weighted by atomic mass is 10.0. The van der Waals surface area contributed by atoms with Gasteiger partial charge in [-0.2, -0.15) is 0 Å². The molecule has 3 nitrogen and oxygen atoms in total. The van der Waals surface area contributed by atoms with Gasteiger partial charge in [0.1, 0.15) is 5.76 Å². The van der Waals surface area contributed by atoms with E-state index >= 15 is 0 Å². The summed E-state index contributed by atoms with van der Waals surface area (Å²) in [6.07, 6.45) is 3.62. The molecule has 0 amide bonds. The van der Waals surface area contributed by atoms with Crippen LogP contribution in [0, 0.1) is 0 Å². The first kappa shape index (κ1) is 13.7. The van der Waals surface area contributed by atoms with Crippen LogP contribution in [0.1, 0.15) is 24.7 Å². The van der Waals surface area contributed by atoms with Crippen molar-refractivity contribution in [2.75, 3.05) is 11.9 Å². The Balaban J connectivity index is 2.14. The highest BCUT2D eigenvalue weighted by Crippen LogP contribution is 2.22. The predicted octanol–water partition coefficient (Wildman–Crippen LogP) is 3.20. The lowest BCUT2D eigenvalue weighted by Gasteiger charge is -2.22. The van der Waals surface area contributed by atoms with E-state index in [0.717, 1.165) is 25.1 Å². The summed E-state index contributed by atoms with van der Waals surface area (Å²) in [7, 11) is 2.08. The van der Waals surface area contributed by atoms with Gasteiger partial charge in [0, 0.05) is 18.8 Å². The fraction of sp³-hybridized carbons (Fsp3) is 0.375. The molecular formula is C16H22N2O. The van der Waals surface area contributed by atoms with Crippen LogP contribution in [0.5, 0.6) is 0 Å². The van der Waals surface area contributed by atoms with Gasteiger partial charge >= 0.3 is 0 Å². The van der Waals surface area contributed by atoms with Crippen LogP contribution in [0.4, 0.5) is 5.69 Å². The molecule has 1 unspecified atom stereocenters. The molecule has 0 radical (unpaired) electrons. The molecule has 0 bridgehead atoms. The number of nitrogens with two attached hydrogens (primary N) is 1. The molecule has 0 aliphatic heterocycles. The van der Waals surface area contributed by atoms with Gasteiger partial charge < -0.3 is 15.1 Å². The zero-order chi connectivity index (χ0) is 13.7. The Morgan fingerprint density at radius 1 is 1.21 bits per heavy atom. The molecule has 2 rings (SSSR count). The summed E-state index contributed by atoms with van der Waals surface area (Å²) in [5.41, 5.74) is 8.59. The molecule has 2 aromatic rings. The zero-order valence-corrected chi connectivity index (χ0v) is 11.7. The first-order valence-corrected chi connectivity index (χ1v) is 6.77. The highest BCUT2D eigenvalue weighted by molar-refractivity contribution is 5.53. The van der Waals surface area contributed by atoms with Gasteiger partial charge in [-0.05, 0) is 36.6 Å². The van der Waals surface area contributed by atoms with E-state index < -0.39 is 0 Å². The number of hydrogen-bond acceptors (Lipinski definition) is 3. The number of hydrogen-bond donors (Lipinski definition) is 1. The van der Waals surface area contributed by atoms with Gasteiger partial charge in [0.15, 0.2) is 0 Å². The number of furan rings is 1. The van der Waals surface area contributed by atoms with Gasteiger partial charge in [-0.1, -0.05) is 25.1 Å². The topological polar surface area (TPSA) is 42.4 Å². The maximum atomic E-state index is 6.07. The molecule has 1 aromatic heterocycles. The largest absolute Gasteiger partial charge is 0.467 e. The fourth-order valence-electron chi connectivity index (χ4n) is 2.20. The summed E-state index contributed by atoms with van der Waals surface area (Å²) >= 11 is 0. The van der Waals surface area contributed by atoms with Crippen molar-refractivity contribution in [2.24, 2.45) is 5.73 Å². The van der Waals surface area contributed by atoms with Crippen molar-refractivity contribution < 1.29 is 4.42 Å². The summed E-state index contributed by atoms with van der Waals surface area (Å²) in [5.74, 6) is 0.970. The Morgan fingerprint density at radius 2 is 2.00 bits per heavy atom. The molecule has 102 valence electrons. The average Bonchev–Trinajstić information content (AvgIpc) is 2.92. The molecule has 0 spiro atoms. The van der Waals surface area contributed by atoms with Crippen molar-refractivity contribution in [2.45, 2.75) is 32.4 Å². The monoisotopic (exact) mass is 258 g/mol. The summed E-state index contributed by atoms with van der Waals surface area (Å²) in [6.45, 7) is 2.89. The normalized spacial score (nSPS) is 12.4. The lowest BCUT2D eigenvalue weighted by molar-refractivity contribution is 0.507. The summed E-state index contributed by atoms with van der Waals surface area (Å²) in [6, 6.07) is 12.6. The van der Waals surface area contributed by atoms with E-state index in [1.807, 2.05) is 12.1 Å². The molecule has 1 heterocycles. The van der Waals surface area contributed by atoms with Gasteiger partial charge in [-0.25, -0.2) is 0 Å². The summed E-state index contributed by atoms with van der Waals surface area (Å²) in [5, 5.41) is 0. The number of rotatable bonds is 6. The van der Waals surface area contributed by atoms with Gasteiger partial charge in [0.2, 0.25) is 0 Å². The van der Waals surface area contributed by atoms with E-state index in [4.69, 9.17) is 10.2 Å². The third kappa shape index (κ3) is 3.61. The van der Waals surface area contributed by atoms with Crippen molar-refractivity contribution in [3.05, 3.63) is 54.0 Å². The van der Waals surface area contributed by atoms with Crippen LogP contribution >= 0.6 is 0 Å². The highest BCUT2D eigenvalue weighted by atomic mass is 16.3. The Labute approximate surface area is 115 Å². The second kappa shape index (κ2) is 6.43. The molecule has 0 fully saturated rings. The molecule has 1 atom stereocenters. The minimum absolute atomic E-state index is 0.221. The Morgan fingerprint density at radius 3 is 2.68 bits per heavy atom. The van der Waals surface area contributed by atoms with Gasteiger partial charge in [-0.3, -0.25) is 0 Å². The molecular weight excluding hydrogens is 236 g/mol. The zero-order valence-electron chi connectivity index (χ0n) is 11.7. The van der Waals surface area contributed by atoms with E-state index in [1.54, 1.807) is 6.26 Å². The predicted molar refractivity (Wildman–Crippen MR) is 79.2 cm³/mol. The molecule has 0 aliphatic rings. The van der Waals surface area contributed by atoms with E-state index in [-0.39, 0.29) is 6.04 Å². The van der Waals surface area contributed by atoms with E-state index in [0.29, 0.717) is 0 Å². The number of benzene rings is 1. The molecule has 0 saturated heterocycles. The van der Waals surface area contributed by atoms with Crippen LogP contribution in [0.25, 0.3) is 0 Å². The van der Waals surface area contributed by atoms with Crippen LogP contribution in [-0.2, 0) is 13.0 Å². The van der Waals surface area contributed by atoms with Gasteiger partial charge in [-0.15, -0.1) is 0 Å². The smallest absolute Gasteiger partial charge is 0.123 e. The van der Waals surface area contributed by atoms with Crippen LogP contribution in [0.3, 0.4) is 0 Å². The average molecular weight is 258 g/mol. The van der Waals surface area contributed by atoms with Crippen LogP contribution in [0.15, 0.2) is 47.1 Å². The van der Waals surface area contributed by atoms with E-state index in [2.05, 4.69) is 43.1 Å². The third-order valence-corrected chi connectivity index (χ3v) is 3.38. The van der Waals surface area contributed by atoms with Crippen LogP contribution in [0.2, 0.25) is 0 Å². The molecule has 0 saturated carbocycles. The second-order valence-electron chi connectivity index (χ2n) is 4.94. The SMILES string of the molecule is CCC(N)Cc1ccccc1N(C)Cc1ccco1. The second-order valence-corrected chi connectivity index (χ2v) is 4.94. The van der Waals surface area contributed by atoms with Crippen molar-refractivity contribution in [3.63, 3.8) is 0 Å². The van der Waals surface area contributed by atoms with Gasteiger partial charge in [0.05, 0.1) is 12.8 Å². The molecule has 19 heavy (non-hydrogen) atoms. The molecule has 3 heteroatoms. The molecule has 1 aromatic carbocycles. The van der Waals surface area contributed by atoms with Crippen molar-refractivity contribution in [3.8, 4) is 0 Å². The number of anilines is 1. The van der Waals surface area contributed by atoms with Crippen molar-refractivity contribution in [1.82, 2.24) is 0 Å². The maximum Gasteiger partial charge on any atom is 0.123 e. The van der Waals surface area contributed by atoms with Gasteiger partial charge in [0.25, 0.3) is 0 Å². The number of nitrogens with zero attached hydrogens (tertiary/aromatic N) is 1. The van der Waals surface area contributed by atoms with E-state index in [9.17, 15) is 0 Å². The maximum absolute atomic E-state index is 6.07. The first-order chi connectivity index (χ1) is 9.20. The molecule has 2 N–H and O–H groups in total. The number of para-hydroxylation sites is 1. The van der Waals surface area contributed by atoms with Crippen LogP contribution < -0.4 is 10.6 Å².